The first-order valence-corrected chi connectivity index (χ1v) is 7.29. The average Bonchev–Trinajstić information content (AvgIpc) is 2.39. The van der Waals surface area contributed by atoms with E-state index >= 15 is 0 Å². The standard InChI is InChI=1S/C18H24N2O/c1-13-8-6-7-9-16(13)21-17-10-14(2)19-11-15(17)12-20-18(3,4)5/h6-11,20H,12H2,1-5H3. The van der Waals surface area contributed by atoms with Crippen molar-refractivity contribution in [2.24, 2.45) is 0 Å². The molecule has 3 nitrogen and oxygen atoms in total. The molecule has 0 fully saturated rings. The molecule has 0 aliphatic rings. The first kappa shape index (κ1) is 15.5. The van der Waals surface area contributed by atoms with E-state index in [9.17, 15) is 0 Å². The number of para-hydroxylation sites is 1. The normalized spacial score (nSPS) is 11.5. The summed E-state index contributed by atoms with van der Waals surface area (Å²) in [5, 5.41) is 3.48. The molecule has 0 saturated carbocycles. The summed E-state index contributed by atoms with van der Waals surface area (Å²) in [6.07, 6.45) is 1.89. The van der Waals surface area contributed by atoms with Gasteiger partial charge in [-0.25, -0.2) is 0 Å². The van der Waals surface area contributed by atoms with Crippen molar-refractivity contribution in [1.82, 2.24) is 10.3 Å². The number of ether oxygens (including phenoxy) is 1. The molecule has 0 atom stereocenters. The maximum Gasteiger partial charge on any atom is 0.135 e. The van der Waals surface area contributed by atoms with Gasteiger partial charge in [-0.15, -0.1) is 0 Å². The summed E-state index contributed by atoms with van der Waals surface area (Å²) in [7, 11) is 0. The number of aromatic nitrogens is 1. The fourth-order valence-electron chi connectivity index (χ4n) is 1.94. The summed E-state index contributed by atoms with van der Waals surface area (Å²) in [6.45, 7) is 11.2. The average molecular weight is 284 g/mol. The Labute approximate surface area is 127 Å². The minimum absolute atomic E-state index is 0.0603. The van der Waals surface area contributed by atoms with Gasteiger partial charge in [-0.2, -0.15) is 0 Å². The van der Waals surface area contributed by atoms with Crippen LogP contribution in [0.3, 0.4) is 0 Å². The maximum atomic E-state index is 6.11. The Balaban J connectivity index is 2.25. The van der Waals surface area contributed by atoms with Crippen LogP contribution in [0.5, 0.6) is 11.5 Å². The van der Waals surface area contributed by atoms with Crippen LogP contribution in [0.15, 0.2) is 36.5 Å². The lowest BCUT2D eigenvalue weighted by Crippen LogP contribution is -2.35. The summed E-state index contributed by atoms with van der Waals surface area (Å²) in [6, 6.07) is 10.0. The molecule has 112 valence electrons. The third kappa shape index (κ3) is 4.57. The number of rotatable bonds is 4. The second kappa shape index (κ2) is 6.27. The van der Waals surface area contributed by atoms with Gasteiger partial charge in [0.1, 0.15) is 11.5 Å². The lowest BCUT2D eigenvalue weighted by Gasteiger charge is -2.21. The van der Waals surface area contributed by atoms with Crippen LogP contribution in [0, 0.1) is 13.8 Å². The molecule has 2 aromatic rings. The Morgan fingerprint density at radius 2 is 1.81 bits per heavy atom. The van der Waals surface area contributed by atoms with E-state index in [4.69, 9.17) is 4.74 Å². The van der Waals surface area contributed by atoms with E-state index in [2.05, 4.69) is 44.1 Å². The van der Waals surface area contributed by atoms with Crippen molar-refractivity contribution in [1.29, 1.82) is 0 Å². The summed E-state index contributed by atoms with van der Waals surface area (Å²) in [4.78, 5) is 4.38. The van der Waals surface area contributed by atoms with E-state index in [1.54, 1.807) is 0 Å². The van der Waals surface area contributed by atoms with Gasteiger partial charge in [0.15, 0.2) is 0 Å². The van der Waals surface area contributed by atoms with Crippen LogP contribution in [0.2, 0.25) is 0 Å². The molecule has 21 heavy (non-hydrogen) atoms. The molecule has 1 aromatic heterocycles. The zero-order valence-electron chi connectivity index (χ0n) is 13.5. The van der Waals surface area contributed by atoms with Crippen LogP contribution in [0.25, 0.3) is 0 Å². The van der Waals surface area contributed by atoms with Crippen LogP contribution in [0.1, 0.15) is 37.6 Å². The fourth-order valence-corrected chi connectivity index (χ4v) is 1.94. The van der Waals surface area contributed by atoms with E-state index in [1.165, 1.54) is 0 Å². The van der Waals surface area contributed by atoms with Gasteiger partial charge >= 0.3 is 0 Å². The minimum atomic E-state index is 0.0603. The SMILES string of the molecule is Cc1cc(Oc2ccccc2C)c(CNC(C)(C)C)cn1. The highest BCUT2D eigenvalue weighted by molar-refractivity contribution is 5.40. The smallest absolute Gasteiger partial charge is 0.135 e. The largest absolute Gasteiger partial charge is 0.457 e. The quantitative estimate of drug-likeness (QED) is 0.904. The van der Waals surface area contributed by atoms with E-state index in [1.807, 2.05) is 37.4 Å². The van der Waals surface area contributed by atoms with E-state index in [-0.39, 0.29) is 5.54 Å². The van der Waals surface area contributed by atoms with Gasteiger partial charge in [0.05, 0.1) is 0 Å². The Morgan fingerprint density at radius 3 is 2.48 bits per heavy atom. The molecular formula is C18H24N2O. The highest BCUT2D eigenvalue weighted by atomic mass is 16.5. The summed E-state index contributed by atoms with van der Waals surface area (Å²) in [5.74, 6) is 1.76. The predicted molar refractivity (Wildman–Crippen MR) is 86.8 cm³/mol. The summed E-state index contributed by atoms with van der Waals surface area (Å²) < 4.78 is 6.11. The molecule has 0 radical (unpaired) electrons. The molecule has 1 heterocycles. The zero-order chi connectivity index (χ0) is 15.5. The van der Waals surface area contributed by atoms with E-state index < -0.39 is 0 Å². The summed E-state index contributed by atoms with van der Waals surface area (Å²) in [5.41, 5.74) is 3.21. The molecule has 0 unspecified atom stereocenters. The lowest BCUT2D eigenvalue weighted by molar-refractivity contribution is 0.413. The molecule has 2 rings (SSSR count). The van der Waals surface area contributed by atoms with Gasteiger partial charge in [0.25, 0.3) is 0 Å². The van der Waals surface area contributed by atoms with Gasteiger partial charge in [0.2, 0.25) is 0 Å². The fraction of sp³-hybridized carbons (Fsp3) is 0.389. The molecule has 0 amide bonds. The van der Waals surface area contributed by atoms with Crippen LogP contribution >= 0.6 is 0 Å². The first-order valence-electron chi connectivity index (χ1n) is 7.29. The highest BCUT2D eigenvalue weighted by Crippen LogP contribution is 2.28. The number of pyridine rings is 1. The van der Waals surface area contributed by atoms with Crippen molar-refractivity contribution in [3.8, 4) is 11.5 Å². The molecular weight excluding hydrogens is 260 g/mol. The van der Waals surface area contributed by atoms with Crippen LogP contribution in [-0.2, 0) is 6.54 Å². The topological polar surface area (TPSA) is 34.1 Å². The number of hydrogen-bond donors (Lipinski definition) is 1. The van der Waals surface area contributed by atoms with Gasteiger partial charge in [-0.1, -0.05) is 18.2 Å². The van der Waals surface area contributed by atoms with Crippen molar-refractivity contribution in [2.45, 2.75) is 46.7 Å². The van der Waals surface area contributed by atoms with Gasteiger partial charge in [-0.05, 0) is 46.2 Å². The van der Waals surface area contributed by atoms with E-state index in [0.29, 0.717) is 0 Å². The number of benzene rings is 1. The van der Waals surface area contributed by atoms with Crippen molar-refractivity contribution in [3.63, 3.8) is 0 Å². The third-order valence-electron chi connectivity index (χ3n) is 3.20. The van der Waals surface area contributed by atoms with Crippen molar-refractivity contribution < 1.29 is 4.74 Å². The zero-order valence-corrected chi connectivity index (χ0v) is 13.5. The second-order valence-electron chi connectivity index (χ2n) is 6.40. The molecule has 0 bridgehead atoms. The van der Waals surface area contributed by atoms with Crippen LogP contribution in [-0.4, -0.2) is 10.5 Å². The number of nitrogens with one attached hydrogen (secondary N) is 1. The first-order chi connectivity index (χ1) is 9.85. The molecule has 0 aliphatic carbocycles. The number of hydrogen-bond acceptors (Lipinski definition) is 3. The molecule has 1 aromatic carbocycles. The van der Waals surface area contributed by atoms with E-state index in [0.717, 1.165) is 34.9 Å². The Hall–Kier alpha value is -1.87. The monoisotopic (exact) mass is 284 g/mol. The Bertz CT molecular complexity index is 615. The number of aryl methyl sites for hydroxylation is 2. The minimum Gasteiger partial charge on any atom is -0.457 e. The third-order valence-corrected chi connectivity index (χ3v) is 3.20. The molecule has 3 heteroatoms. The molecule has 0 saturated heterocycles. The summed E-state index contributed by atoms with van der Waals surface area (Å²) >= 11 is 0. The predicted octanol–water partition coefficient (Wildman–Crippen LogP) is 4.38. The highest BCUT2D eigenvalue weighted by Gasteiger charge is 2.12. The lowest BCUT2D eigenvalue weighted by atomic mass is 10.1. The molecule has 1 N–H and O–H groups in total. The van der Waals surface area contributed by atoms with Crippen molar-refractivity contribution in [3.05, 3.63) is 53.3 Å². The van der Waals surface area contributed by atoms with Crippen molar-refractivity contribution in [2.75, 3.05) is 0 Å². The van der Waals surface area contributed by atoms with Gasteiger partial charge in [0, 0.05) is 35.6 Å². The second-order valence-corrected chi connectivity index (χ2v) is 6.40. The Morgan fingerprint density at radius 1 is 1.10 bits per heavy atom. The Kier molecular flexibility index (Phi) is 4.63. The molecule has 0 spiro atoms. The maximum absolute atomic E-state index is 6.11. The van der Waals surface area contributed by atoms with Crippen molar-refractivity contribution >= 4 is 0 Å². The number of nitrogens with zero attached hydrogens (tertiary/aromatic N) is 1. The van der Waals surface area contributed by atoms with Gasteiger partial charge in [-0.3, -0.25) is 4.98 Å². The van der Waals surface area contributed by atoms with Gasteiger partial charge < -0.3 is 10.1 Å². The van der Waals surface area contributed by atoms with Crippen LogP contribution < -0.4 is 10.1 Å². The molecule has 0 aliphatic heterocycles. The van der Waals surface area contributed by atoms with Crippen LogP contribution in [0.4, 0.5) is 0 Å².